The third-order valence-corrected chi connectivity index (χ3v) is 5.71. The van der Waals surface area contributed by atoms with Gasteiger partial charge in [-0.25, -0.2) is 4.39 Å². The number of para-hydroxylation sites is 1. The summed E-state index contributed by atoms with van der Waals surface area (Å²) in [6.45, 7) is 2.87. The van der Waals surface area contributed by atoms with Crippen molar-refractivity contribution in [3.63, 3.8) is 0 Å². The first-order chi connectivity index (χ1) is 13.8. The molecule has 0 fully saturated rings. The van der Waals surface area contributed by atoms with Crippen molar-refractivity contribution in [1.29, 1.82) is 0 Å². The molecule has 0 radical (unpaired) electrons. The summed E-state index contributed by atoms with van der Waals surface area (Å²) in [6, 6.07) is 17.5. The molecule has 28 heavy (non-hydrogen) atoms. The standard InChI is InChI=1S/C23H23FN4/c24-18-9-7-17(8-10-18)23-22-20(19-5-1-2-6-21(19)26-22)11-16-27(23)13-4-15-28-14-3-12-25-28/h1-3,5-10,12,14,23,26H,4,11,13,15-16H2/t23-/m0/s1. The van der Waals surface area contributed by atoms with Gasteiger partial charge in [-0.15, -0.1) is 0 Å². The smallest absolute Gasteiger partial charge is 0.123 e. The fraction of sp³-hybridized carbons (Fsp3) is 0.261. The van der Waals surface area contributed by atoms with Crippen LogP contribution >= 0.6 is 0 Å². The van der Waals surface area contributed by atoms with Gasteiger partial charge in [-0.3, -0.25) is 9.58 Å². The quantitative estimate of drug-likeness (QED) is 0.557. The molecule has 0 saturated carbocycles. The summed E-state index contributed by atoms with van der Waals surface area (Å²) in [6.07, 6.45) is 5.87. The Morgan fingerprint density at radius 3 is 2.71 bits per heavy atom. The lowest BCUT2D eigenvalue weighted by molar-refractivity contribution is 0.204. The summed E-state index contributed by atoms with van der Waals surface area (Å²) < 4.78 is 15.5. The summed E-state index contributed by atoms with van der Waals surface area (Å²) in [4.78, 5) is 6.17. The number of fused-ring (bicyclic) bond motifs is 3. The van der Waals surface area contributed by atoms with Crippen LogP contribution in [0, 0.1) is 5.82 Å². The molecule has 1 N–H and O–H groups in total. The first-order valence-corrected chi connectivity index (χ1v) is 9.86. The normalized spacial score (nSPS) is 17.1. The van der Waals surface area contributed by atoms with Gasteiger partial charge < -0.3 is 4.98 Å². The van der Waals surface area contributed by atoms with E-state index >= 15 is 0 Å². The monoisotopic (exact) mass is 374 g/mol. The fourth-order valence-electron chi connectivity index (χ4n) is 4.42. The molecule has 0 bridgehead atoms. The van der Waals surface area contributed by atoms with Crippen molar-refractivity contribution in [3.8, 4) is 0 Å². The average molecular weight is 374 g/mol. The van der Waals surface area contributed by atoms with Crippen LogP contribution in [0.4, 0.5) is 4.39 Å². The number of H-pyrrole nitrogens is 1. The summed E-state index contributed by atoms with van der Waals surface area (Å²) in [5, 5.41) is 5.61. The minimum absolute atomic E-state index is 0.120. The zero-order valence-corrected chi connectivity index (χ0v) is 15.7. The van der Waals surface area contributed by atoms with Gasteiger partial charge in [-0.05, 0) is 48.2 Å². The lowest BCUT2D eigenvalue weighted by atomic mass is 9.92. The molecule has 0 saturated heterocycles. The van der Waals surface area contributed by atoms with Crippen LogP contribution in [-0.2, 0) is 13.0 Å². The van der Waals surface area contributed by atoms with Gasteiger partial charge >= 0.3 is 0 Å². The van der Waals surface area contributed by atoms with E-state index in [0.717, 1.165) is 38.0 Å². The maximum Gasteiger partial charge on any atom is 0.123 e. The Balaban J connectivity index is 1.48. The van der Waals surface area contributed by atoms with E-state index in [9.17, 15) is 4.39 Å². The van der Waals surface area contributed by atoms with Gasteiger partial charge in [0.2, 0.25) is 0 Å². The molecule has 0 spiro atoms. The molecule has 1 aliphatic rings. The SMILES string of the molecule is Fc1ccc([C@H]2c3[nH]c4ccccc4c3CCN2CCCn2cccn2)cc1. The number of nitrogens with one attached hydrogen (secondary N) is 1. The molecule has 2 aromatic heterocycles. The van der Waals surface area contributed by atoms with Crippen LogP contribution in [0.15, 0.2) is 67.0 Å². The summed E-state index contributed by atoms with van der Waals surface area (Å²) in [5.41, 5.74) is 4.96. The summed E-state index contributed by atoms with van der Waals surface area (Å²) in [5.74, 6) is -0.193. The van der Waals surface area contributed by atoms with Gasteiger partial charge in [0.05, 0.1) is 6.04 Å². The Hall–Kier alpha value is -2.92. The van der Waals surface area contributed by atoms with Crippen LogP contribution in [-0.4, -0.2) is 32.8 Å². The molecular weight excluding hydrogens is 351 g/mol. The number of benzene rings is 2. The maximum absolute atomic E-state index is 13.5. The molecule has 0 amide bonds. The number of hydrogen-bond donors (Lipinski definition) is 1. The number of halogens is 1. The van der Waals surface area contributed by atoms with Gasteiger partial charge in [0.15, 0.2) is 0 Å². The second-order valence-corrected chi connectivity index (χ2v) is 7.43. The van der Waals surface area contributed by atoms with Gasteiger partial charge in [0.25, 0.3) is 0 Å². The van der Waals surface area contributed by atoms with E-state index < -0.39 is 0 Å². The molecule has 3 heterocycles. The van der Waals surface area contributed by atoms with E-state index in [1.54, 1.807) is 12.1 Å². The Labute approximate surface area is 163 Å². The molecule has 5 rings (SSSR count). The predicted octanol–water partition coefficient (Wildman–Crippen LogP) is 4.54. The van der Waals surface area contributed by atoms with E-state index in [2.05, 4.69) is 39.2 Å². The van der Waals surface area contributed by atoms with Gasteiger partial charge in [0.1, 0.15) is 5.82 Å². The van der Waals surface area contributed by atoms with Crippen molar-refractivity contribution >= 4 is 10.9 Å². The van der Waals surface area contributed by atoms with Gasteiger partial charge in [-0.2, -0.15) is 5.10 Å². The lowest BCUT2D eigenvalue weighted by Crippen LogP contribution is -2.37. The van der Waals surface area contributed by atoms with Crippen molar-refractivity contribution < 1.29 is 4.39 Å². The topological polar surface area (TPSA) is 36.9 Å². The van der Waals surface area contributed by atoms with Crippen LogP contribution in [0.1, 0.15) is 29.3 Å². The highest BCUT2D eigenvalue weighted by Crippen LogP contribution is 2.38. The first-order valence-electron chi connectivity index (χ1n) is 9.86. The first kappa shape index (κ1) is 17.2. The highest BCUT2D eigenvalue weighted by molar-refractivity contribution is 5.85. The van der Waals surface area contributed by atoms with E-state index in [0.29, 0.717) is 0 Å². The minimum atomic E-state index is -0.193. The second-order valence-electron chi connectivity index (χ2n) is 7.43. The fourth-order valence-corrected chi connectivity index (χ4v) is 4.42. The van der Waals surface area contributed by atoms with E-state index in [1.165, 1.54) is 22.2 Å². The van der Waals surface area contributed by atoms with Crippen LogP contribution in [0.5, 0.6) is 0 Å². The minimum Gasteiger partial charge on any atom is -0.357 e. The van der Waals surface area contributed by atoms with Crippen molar-refractivity contribution in [2.45, 2.75) is 25.4 Å². The Morgan fingerprint density at radius 1 is 1.04 bits per heavy atom. The third kappa shape index (κ3) is 3.12. The highest BCUT2D eigenvalue weighted by atomic mass is 19.1. The molecular formula is C23H23FN4. The average Bonchev–Trinajstić information content (AvgIpc) is 3.36. The zero-order chi connectivity index (χ0) is 18.9. The number of hydrogen-bond acceptors (Lipinski definition) is 2. The number of aryl methyl sites for hydroxylation is 1. The summed E-state index contributed by atoms with van der Waals surface area (Å²) >= 11 is 0. The molecule has 4 aromatic rings. The number of aromatic amines is 1. The zero-order valence-electron chi connectivity index (χ0n) is 15.7. The van der Waals surface area contributed by atoms with Gasteiger partial charge in [-0.1, -0.05) is 30.3 Å². The van der Waals surface area contributed by atoms with E-state index in [1.807, 2.05) is 35.3 Å². The van der Waals surface area contributed by atoms with Crippen LogP contribution in [0.2, 0.25) is 0 Å². The van der Waals surface area contributed by atoms with Crippen LogP contribution in [0.25, 0.3) is 10.9 Å². The molecule has 1 atom stereocenters. The summed E-state index contributed by atoms with van der Waals surface area (Å²) in [7, 11) is 0. The third-order valence-electron chi connectivity index (χ3n) is 5.71. The van der Waals surface area contributed by atoms with Crippen LogP contribution in [0.3, 0.4) is 0 Å². The molecule has 2 aromatic carbocycles. The second kappa shape index (κ2) is 7.24. The Morgan fingerprint density at radius 2 is 1.89 bits per heavy atom. The maximum atomic E-state index is 13.5. The number of nitrogens with zero attached hydrogens (tertiary/aromatic N) is 3. The van der Waals surface area contributed by atoms with E-state index in [4.69, 9.17) is 0 Å². The van der Waals surface area contributed by atoms with Crippen molar-refractivity contribution in [2.75, 3.05) is 13.1 Å². The molecule has 5 heteroatoms. The molecule has 0 unspecified atom stereocenters. The number of aromatic nitrogens is 3. The predicted molar refractivity (Wildman–Crippen MR) is 109 cm³/mol. The Kier molecular flexibility index (Phi) is 4.45. The van der Waals surface area contributed by atoms with Crippen molar-refractivity contribution in [2.24, 2.45) is 0 Å². The number of rotatable bonds is 5. The van der Waals surface area contributed by atoms with Crippen LogP contribution < -0.4 is 0 Å². The molecule has 142 valence electrons. The highest BCUT2D eigenvalue weighted by Gasteiger charge is 2.31. The Bertz CT molecular complexity index is 1070. The largest absolute Gasteiger partial charge is 0.357 e. The van der Waals surface area contributed by atoms with E-state index in [-0.39, 0.29) is 11.9 Å². The van der Waals surface area contributed by atoms with Crippen molar-refractivity contribution in [3.05, 3.63) is 89.6 Å². The van der Waals surface area contributed by atoms with Crippen molar-refractivity contribution in [1.82, 2.24) is 19.7 Å². The molecule has 1 aliphatic heterocycles. The lowest BCUT2D eigenvalue weighted by Gasteiger charge is -2.36. The van der Waals surface area contributed by atoms with Gasteiger partial charge in [0, 0.05) is 48.6 Å². The molecule has 0 aliphatic carbocycles. The molecule has 4 nitrogen and oxygen atoms in total.